The van der Waals surface area contributed by atoms with Gasteiger partial charge in [0.2, 0.25) is 0 Å². The van der Waals surface area contributed by atoms with Crippen LogP contribution in [0.5, 0.6) is 0 Å². The minimum absolute atomic E-state index is 0. The van der Waals surface area contributed by atoms with Crippen molar-refractivity contribution in [3.63, 3.8) is 0 Å². The quantitative estimate of drug-likeness (QED) is 0.313. The molecule has 0 amide bonds. The maximum absolute atomic E-state index is 9.78. The second kappa shape index (κ2) is 5.06. The minimum atomic E-state index is -3.68. The second-order valence-electron chi connectivity index (χ2n) is 0.975. The number of alkyl halides is 1. The fourth-order valence-corrected chi connectivity index (χ4v) is 1.96. The van der Waals surface area contributed by atoms with Gasteiger partial charge in [0.05, 0.1) is 5.75 Å². The van der Waals surface area contributed by atoms with Crippen molar-refractivity contribution in [2.24, 2.45) is 0 Å². The molecular weight excluding hydrogens is 238 g/mol. The van der Waals surface area contributed by atoms with Gasteiger partial charge in [-0.2, -0.15) is 8.42 Å². The van der Waals surface area contributed by atoms with Gasteiger partial charge in [-0.05, 0) is 0 Å². The molecule has 0 radical (unpaired) electrons. The van der Waals surface area contributed by atoms with E-state index in [4.69, 9.17) is 4.55 Å². The normalized spacial score (nSPS) is 10.2. The average molecular weight is 244 g/mol. The van der Waals surface area contributed by atoms with Gasteiger partial charge in [-0.15, -0.1) is 0 Å². The first-order valence-electron chi connectivity index (χ1n) is 1.57. The zero-order valence-electron chi connectivity index (χ0n) is 3.46. The van der Waals surface area contributed by atoms with E-state index in [1.807, 2.05) is 22.6 Å². The van der Waals surface area contributed by atoms with Crippen LogP contribution in [0.3, 0.4) is 0 Å². The number of rotatable bonds is 2. The van der Waals surface area contributed by atoms with Gasteiger partial charge in [0.25, 0.3) is 10.1 Å². The molecular formula is C2H6ILiO3S. The standard InChI is InChI=1S/C2H5IO3S.Li.H/c3-1-2-7(4,5)6;;/h1-2H2,(H,4,5,6);;. The van der Waals surface area contributed by atoms with Gasteiger partial charge in [0.15, 0.2) is 0 Å². The molecule has 0 aromatic carbocycles. The summed E-state index contributed by atoms with van der Waals surface area (Å²) in [5.74, 6) is -0.145. The fraction of sp³-hybridized carbons (Fsp3) is 1.00. The zero-order chi connectivity index (χ0) is 5.91. The van der Waals surface area contributed by atoms with Crippen molar-refractivity contribution in [3.8, 4) is 0 Å². The summed E-state index contributed by atoms with van der Waals surface area (Å²) >= 11 is 1.87. The topological polar surface area (TPSA) is 54.4 Å². The Balaban J connectivity index is 0. The molecule has 0 saturated carbocycles. The summed E-state index contributed by atoms with van der Waals surface area (Å²) in [6, 6.07) is 0. The van der Waals surface area contributed by atoms with Crippen LogP contribution in [0, 0.1) is 0 Å². The SMILES string of the molecule is O=S(=O)(O)CCI.[LiH]. The molecule has 0 aliphatic rings. The Kier molecular flexibility index (Phi) is 7.56. The molecule has 6 heteroatoms. The van der Waals surface area contributed by atoms with Crippen molar-refractivity contribution < 1.29 is 13.0 Å². The molecule has 0 aromatic heterocycles. The van der Waals surface area contributed by atoms with E-state index in [9.17, 15) is 8.42 Å². The van der Waals surface area contributed by atoms with Gasteiger partial charge in [0, 0.05) is 4.43 Å². The van der Waals surface area contributed by atoms with E-state index in [0.717, 1.165) is 0 Å². The van der Waals surface area contributed by atoms with Crippen LogP contribution >= 0.6 is 22.6 Å². The van der Waals surface area contributed by atoms with Gasteiger partial charge < -0.3 is 0 Å². The van der Waals surface area contributed by atoms with Crippen molar-refractivity contribution >= 4 is 51.6 Å². The molecule has 0 unspecified atom stereocenters. The first-order chi connectivity index (χ1) is 3.06. The Labute approximate surface area is 74.3 Å². The third kappa shape index (κ3) is 10.3. The predicted molar refractivity (Wildman–Crippen MR) is 42.5 cm³/mol. The van der Waals surface area contributed by atoms with E-state index < -0.39 is 10.1 Å². The molecule has 0 atom stereocenters. The van der Waals surface area contributed by atoms with Crippen molar-refractivity contribution in [3.05, 3.63) is 0 Å². The van der Waals surface area contributed by atoms with Crippen LogP contribution in [0.25, 0.3) is 0 Å². The summed E-state index contributed by atoms with van der Waals surface area (Å²) in [5.41, 5.74) is 0. The molecule has 0 aliphatic heterocycles. The van der Waals surface area contributed by atoms with Gasteiger partial charge in [-0.3, -0.25) is 4.55 Å². The Bertz CT molecular complexity index is 130. The van der Waals surface area contributed by atoms with E-state index in [1.54, 1.807) is 0 Å². The molecule has 46 valence electrons. The summed E-state index contributed by atoms with van der Waals surface area (Å²) in [6.45, 7) is 0. The molecule has 0 rings (SSSR count). The molecule has 0 fully saturated rings. The molecule has 0 saturated heterocycles. The molecule has 8 heavy (non-hydrogen) atoms. The fourth-order valence-electron chi connectivity index (χ4n) is 0.0975. The van der Waals surface area contributed by atoms with Crippen LogP contribution in [0.2, 0.25) is 0 Å². The molecule has 0 spiro atoms. The van der Waals surface area contributed by atoms with Crippen LogP contribution in [-0.2, 0) is 10.1 Å². The van der Waals surface area contributed by atoms with Gasteiger partial charge in [-0.1, -0.05) is 22.6 Å². The van der Waals surface area contributed by atoms with Gasteiger partial charge in [0.1, 0.15) is 0 Å². The molecule has 0 aliphatic carbocycles. The van der Waals surface area contributed by atoms with E-state index in [-0.39, 0.29) is 24.6 Å². The third-order valence-corrected chi connectivity index (χ3v) is 2.33. The molecule has 0 heterocycles. The van der Waals surface area contributed by atoms with Crippen LogP contribution in [0.4, 0.5) is 0 Å². The maximum atomic E-state index is 9.78. The summed E-state index contributed by atoms with van der Waals surface area (Å²) < 4.78 is 28.0. The summed E-state index contributed by atoms with van der Waals surface area (Å²) in [4.78, 5) is 0. The molecule has 0 bridgehead atoms. The first-order valence-corrected chi connectivity index (χ1v) is 4.71. The predicted octanol–water partition coefficient (Wildman–Crippen LogP) is -0.339. The van der Waals surface area contributed by atoms with Crippen molar-refractivity contribution in [2.75, 3.05) is 10.2 Å². The Morgan fingerprint density at radius 2 is 1.88 bits per heavy atom. The van der Waals surface area contributed by atoms with Crippen molar-refractivity contribution in [2.45, 2.75) is 0 Å². The van der Waals surface area contributed by atoms with E-state index >= 15 is 0 Å². The summed E-state index contributed by atoms with van der Waals surface area (Å²) in [5, 5.41) is 0. The number of halogens is 1. The number of hydrogen-bond donors (Lipinski definition) is 1. The Morgan fingerprint density at radius 1 is 1.50 bits per heavy atom. The number of hydrogen-bond acceptors (Lipinski definition) is 2. The van der Waals surface area contributed by atoms with Crippen LogP contribution in [-0.4, -0.2) is 42.0 Å². The second-order valence-corrected chi connectivity index (χ2v) is 3.63. The van der Waals surface area contributed by atoms with Gasteiger partial charge >= 0.3 is 18.9 Å². The van der Waals surface area contributed by atoms with Crippen LogP contribution in [0.1, 0.15) is 0 Å². The van der Waals surface area contributed by atoms with E-state index in [1.165, 1.54) is 0 Å². The van der Waals surface area contributed by atoms with Crippen molar-refractivity contribution in [1.29, 1.82) is 0 Å². The molecule has 1 N–H and O–H groups in total. The monoisotopic (exact) mass is 244 g/mol. The zero-order valence-corrected chi connectivity index (χ0v) is 6.44. The van der Waals surface area contributed by atoms with E-state index in [2.05, 4.69) is 0 Å². The summed E-state index contributed by atoms with van der Waals surface area (Å²) in [6.07, 6.45) is 0. The summed E-state index contributed by atoms with van der Waals surface area (Å²) in [7, 11) is -3.68. The van der Waals surface area contributed by atoms with Crippen molar-refractivity contribution in [1.82, 2.24) is 0 Å². The van der Waals surface area contributed by atoms with Crippen LogP contribution < -0.4 is 0 Å². The molecule has 3 nitrogen and oxygen atoms in total. The average Bonchev–Trinajstić information content (AvgIpc) is 1.30. The Hall–Kier alpha value is 1.24. The van der Waals surface area contributed by atoms with Gasteiger partial charge in [-0.25, -0.2) is 0 Å². The first kappa shape index (κ1) is 12.0. The Morgan fingerprint density at radius 3 is 1.88 bits per heavy atom. The third-order valence-electron chi connectivity index (χ3n) is 0.335. The van der Waals surface area contributed by atoms with E-state index in [0.29, 0.717) is 4.43 Å². The molecule has 0 aromatic rings. The van der Waals surface area contributed by atoms with Crippen LogP contribution in [0.15, 0.2) is 0 Å².